The molecule has 0 aliphatic carbocycles. The summed E-state index contributed by atoms with van der Waals surface area (Å²) in [5, 5.41) is 2.77. The molecule has 1 aromatic carbocycles. The summed E-state index contributed by atoms with van der Waals surface area (Å²) in [4.78, 5) is 42.8. The molecule has 1 N–H and O–H groups in total. The summed E-state index contributed by atoms with van der Waals surface area (Å²) in [6, 6.07) is 5.81. The second-order valence-corrected chi connectivity index (χ2v) is 7.70. The van der Waals surface area contributed by atoms with Gasteiger partial charge in [0.15, 0.2) is 0 Å². The third-order valence-electron chi connectivity index (χ3n) is 6.30. The van der Waals surface area contributed by atoms with Gasteiger partial charge in [0.25, 0.3) is 5.91 Å². The number of carbonyl (C=O) groups is 3. The first-order valence-electron chi connectivity index (χ1n) is 10.1. The number of nitrogens with zero attached hydrogens (tertiary/aromatic N) is 3. The summed E-state index contributed by atoms with van der Waals surface area (Å²) >= 11 is 0. The summed E-state index contributed by atoms with van der Waals surface area (Å²) in [5.41, 5.74) is 2.86. The molecule has 152 valence electrons. The van der Waals surface area contributed by atoms with E-state index in [0.29, 0.717) is 25.9 Å². The van der Waals surface area contributed by atoms with Crippen molar-refractivity contribution in [3.63, 3.8) is 0 Å². The van der Waals surface area contributed by atoms with Gasteiger partial charge in [-0.3, -0.25) is 14.5 Å². The van der Waals surface area contributed by atoms with E-state index >= 15 is 0 Å². The third kappa shape index (κ3) is 3.45. The Balaban J connectivity index is 1.61. The zero-order valence-corrected chi connectivity index (χ0v) is 17.2. The van der Waals surface area contributed by atoms with Gasteiger partial charge < -0.3 is 15.1 Å². The molecule has 0 atom stereocenters. The van der Waals surface area contributed by atoms with Crippen molar-refractivity contribution >= 4 is 23.5 Å². The van der Waals surface area contributed by atoms with Gasteiger partial charge in [-0.25, -0.2) is 4.79 Å². The minimum Gasteiger partial charge on any atom is -0.368 e. The fourth-order valence-electron chi connectivity index (χ4n) is 4.06. The van der Waals surface area contributed by atoms with Crippen LogP contribution in [0.15, 0.2) is 18.2 Å². The number of nitrogens with one attached hydrogen (secondary N) is 1. The van der Waals surface area contributed by atoms with Gasteiger partial charge in [-0.15, -0.1) is 0 Å². The summed E-state index contributed by atoms with van der Waals surface area (Å²) in [7, 11) is 0. The Morgan fingerprint density at radius 3 is 2.29 bits per heavy atom. The molecule has 0 bridgehead atoms. The van der Waals surface area contributed by atoms with E-state index in [1.54, 1.807) is 4.90 Å². The molecule has 0 unspecified atom stereocenters. The molecule has 2 heterocycles. The van der Waals surface area contributed by atoms with E-state index in [-0.39, 0.29) is 18.4 Å². The van der Waals surface area contributed by atoms with Crippen LogP contribution in [0.5, 0.6) is 0 Å². The third-order valence-corrected chi connectivity index (χ3v) is 6.30. The minimum absolute atomic E-state index is 0.174. The topological polar surface area (TPSA) is 73.0 Å². The number of amides is 4. The second-order valence-electron chi connectivity index (χ2n) is 7.70. The van der Waals surface area contributed by atoms with Gasteiger partial charge in [-0.1, -0.05) is 26.0 Å². The van der Waals surface area contributed by atoms with Crippen LogP contribution in [0.1, 0.15) is 37.8 Å². The van der Waals surface area contributed by atoms with Gasteiger partial charge in [-0.05, 0) is 43.9 Å². The Kier molecular flexibility index (Phi) is 5.63. The lowest BCUT2D eigenvalue weighted by molar-refractivity contribution is -0.139. The summed E-state index contributed by atoms with van der Waals surface area (Å²) in [5.74, 6) is -0.461. The van der Waals surface area contributed by atoms with Crippen LogP contribution in [0.3, 0.4) is 0 Å². The number of rotatable bonds is 5. The maximum Gasteiger partial charge on any atom is 0.325 e. The Bertz CT molecular complexity index is 780. The molecule has 7 nitrogen and oxygen atoms in total. The minimum atomic E-state index is -0.862. The van der Waals surface area contributed by atoms with E-state index in [9.17, 15) is 14.4 Å². The number of benzene rings is 1. The Labute approximate surface area is 166 Å². The molecule has 0 spiro atoms. The zero-order chi connectivity index (χ0) is 20.5. The normalized spacial score (nSPS) is 19.2. The number of urea groups is 1. The summed E-state index contributed by atoms with van der Waals surface area (Å²) in [6.45, 7) is 10.4. The molecule has 2 fully saturated rings. The van der Waals surface area contributed by atoms with Crippen molar-refractivity contribution < 1.29 is 14.4 Å². The quantitative estimate of drug-likeness (QED) is 0.787. The molecule has 0 aromatic heterocycles. The van der Waals surface area contributed by atoms with Gasteiger partial charge >= 0.3 is 6.03 Å². The SMILES string of the molecule is CCC1(CC)NC(=O)N(CC(=O)N2CCN(c3cccc(C)c3C)CC2)C1=O. The first kappa shape index (κ1) is 20.2. The van der Waals surface area contributed by atoms with Crippen LogP contribution in [-0.2, 0) is 9.59 Å². The Morgan fingerprint density at radius 1 is 1.07 bits per heavy atom. The maximum absolute atomic E-state index is 12.7. The van der Waals surface area contributed by atoms with Crippen molar-refractivity contribution in [1.82, 2.24) is 15.1 Å². The van der Waals surface area contributed by atoms with Crippen molar-refractivity contribution in [3.8, 4) is 0 Å². The predicted molar refractivity (Wildman–Crippen MR) is 108 cm³/mol. The molecular formula is C21H30N4O3. The highest BCUT2D eigenvalue weighted by Crippen LogP contribution is 2.26. The van der Waals surface area contributed by atoms with Crippen LogP contribution < -0.4 is 10.2 Å². The van der Waals surface area contributed by atoms with Crippen LogP contribution in [0.25, 0.3) is 0 Å². The van der Waals surface area contributed by atoms with Crippen LogP contribution in [0.4, 0.5) is 10.5 Å². The van der Waals surface area contributed by atoms with Crippen molar-refractivity contribution in [2.75, 3.05) is 37.6 Å². The highest BCUT2D eigenvalue weighted by molar-refractivity contribution is 6.09. The van der Waals surface area contributed by atoms with Crippen LogP contribution in [0, 0.1) is 13.8 Å². The number of imide groups is 1. The van der Waals surface area contributed by atoms with Crippen molar-refractivity contribution in [1.29, 1.82) is 0 Å². The smallest absolute Gasteiger partial charge is 0.325 e. The largest absolute Gasteiger partial charge is 0.368 e. The van der Waals surface area contributed by atoms with Gasteiger partial charge in [0, 0.05) is 31.9 Å². The lowest BCUT2D eigenvalue weighted by Crippen LogP contribution is -2.52. The molecule has 2 saturated heterocycles. The van der Waals surface area contributed by atoms with Crippen LogP contribution in [0.2, 0.25) is 0 Å². The van der Waals surface area contributed by atoms with Crippen molar-refractivity contribution in [2.45, 2.75) is 46.1 Å². The molecule has 0 saturated carbocycles. The lowest BCUT2D eigenvalue weighted by Gasteiger charge is -2.37. The zero-order valence-electron chi connectivity index (χ0n) is 17.2. The number of carbonyl (C=O) groups excluding carboxylic acids is 3. The molecule has 3 rings (SSSR count). The fraction of sp³-hybridized carbons (Fsp3) is 0.571. The van der Waals surface area contributed by atoms with Crippen molar-refractivity contribution in [2.24, 2.45) is 0 Å². The Morgan fingerprint density at radius 2 is 1.71 bits per heavy atom. The highest BCUT2D eigenvalue weighted by atomic mass is 16.2. The van der Waals surface area contributed by atoms with Crippen molar-refractivity contribution in [3.05, 3.63) is 29.3 Å². The van der Waals surface area contributed by atoms with Gasteiger partial charge in [0.1, 0.15) is 12.1 Å². The first-order valence-corrected chi connectivity index (χ1v) is 10.1. The van der Waals surface area contributed by atoms with E-state index in [4.69, 9.17) is 0 Å². The van der Waals surface area contributed by atoms with Gasteiger partial charge in [0.05, 0.1) is 0 Å². The monoisotopic (exact) mass is 386 g/mol. The van der Waals surface area contributed by atoms with E-state index in [0.717, 1.165) is 18.0 Å². The molecule has 2 aliphatic rings. The Hall–Kier alpha value is -2.57. The van der Waals surface area contributed by atoms with E-state index < -0.39 is 11.6 Å². The molecule has 4 amide bonds. The first-order chi connectivity index (χ1) is 13.3. The van der Waals surface area contributed by atoms with E-state index in [1.807, 2.05) is 13.8 Å². The summed E-state index contributed by atoms with van der Waals surface area (Å²) in [6.07, 6.45) is 1.04. The number of piperazine rings is 1. The van der Waals surface area contributed by atoms with Crippen LogP contribution >= 0.6 is 0 Å². The predicted octanol–water partition coefficient (Wildman–Crippen LogP) is 2.06. The fourth-order valence-corrected chi connectivity index (χ4v) is 4.06. The number of aryl methyl sites for hydroxylation is 1. The average Bonchev–Trinajstić information content (AvgIpc) is 2.95. The van der Waals surface area contributed by atoms with E-state index in [1.165, 1.54) is 16.8 Å². The van der Waals surface area contributed by atoms with Gasteiger partial charge in [0.2, 0.25) is 5.91 Å². The standard InChI is InChI=1S/C21H30N4O3/c1-5-21(6-2)19(27)25(20(28)22-21)14-18(26)24-12-10-23(11-13-24)17-9-7-8-15(3)16(17)4/h7-9H,5-6,10-14H2,1-4H3,(H,22,28). The molecular weight excluding hydrogens is 356 g/mol. The van der Waals surface area contributed by atoms with Crippen LogP contribution in [-0.4, -0.2) is 65.9 Å². The molecule has 7 heteroatoms. The van der Waals surface area contributed by atoms with E-state index in [2.05, 4.69) is 42.3 Å². The number of anilines is 1. The highest BCUT2D eigenvalue weighted by Gasteiger charge is 2.49. The number of hydrogen-bond acceptors (Lipinski definition) is 4. The van der Waals surface area contributed by atoms with Gasteiger partial charge in [-0.2, -0.15) is 0 Å². The molecule has 1 aromatic rings. The lowest BCUT2D eigenvalue weighted by atomic mass is 9.93. The number of hydrogen-bond donors (Lipinski definition) is 1. The summed E-state index contributed by atoms with van der Waals surface area (Å²) < 4.78 is 0. The second kappa shape index (κ2) is 7.81. The molecule has 0 radical (unpaired) electrons. The molecule has 2 aliphatic heterocycles. The molecule has 28 heavy (non-hydrogen) atoms. The maximum atomic E-state index is 12.7. The average molecular weight is 386 g/mol.